The van der Waals surface area contributed by atoms with Crippen molar-refractivity contribution < 1.29 is 22.6 Å². The van der Waals surface area contributed by atoms with Gasteiger partial charge in [-0.2, -0.15) is 4.31 Å². The van der Waals surface area contributed by atoms with Crippen molar-refractivity contribution in [1.82, 2.24) is 4.31 Å². The number of ether oxygens (including phenoxy) is 3. The lowest BCUT2D eigenvalue weighted by Crippen LogP contribution is -2.46. The number of nitrogens with zero attached hydrogens (tertiary/aromatic N) is 2. The summed E-state index contributed by atoms with van der Waals surface area (Å²) in [5.74, 6) is 1.50. The van der Waals surface area contributed by atoms with Gasteiger partial charge in [0.2, 0.25) is 10.0 Å². The number of hydrogen-bond donors (Lipinski definition) is 0. The molecule has 1 aliphatic rings. The molecule has 3 rings (SSSR count). The van der Waals surface area contributed by atoms with Crippen molar-refractivity contribution in [3.05, 3.63) is 42.5 Å². The summed E-state index contributed by atoms with van der Waals surface area (Å²) in [4.78, 5) is 2.26. The minimum atomic E-state index is -3.79. The molecule has 0 N–H and O–H groups in total. The van der Waals surface area contributed by atoms with Crippen molar-refractivity contribution >= 4 is 15.7 Å². The topological polar surface area (TPSA) is 68.3 Å². The smallest absolute Gasteiger partial charge is 0.246 e. The molecule has 0 fully saturated rings. The number of fused-ring (bicyclic) bond motifs is 1. The van der Waals surface area contributed by atoms with Crippen LogP contribution in [-0.2, 0) is 10.0 Å². The summed E-state index contributed by atoms with van der Waals surface area (Å²) in [5, 5.41) is 0. The van der Waals surface area contributed by atoms with Gasteiger partial charge in [-0.1, -0.05) is 12.1 Å². The summed E-state index contributed by atoms with van der Waals surface area (Å²) in [6, 6.07) is 12.5. The van der Waals surface area contributed by atoms with Crippen LogP contribution in [0.15, 0.2) is 47.4 Å². The van der Waals surface area contributed by atoms with E-state index in [0.29, 0.717) is 12.3 Å². The quantitative estimate of drug-likeness (QED) is 0.704. The number of likely N-dealkylation sites (N-methyl/N-ethyl adjacent to an activating group) is 2. The second-order valence-electron chi connectivity index (χ2n) is 6.55. The molecule has 0 saturated carbocycles. The molecule has 152 valence electrons. The molecule has 28 heavy (non-hydrogen) atoms. The molecule has 0 amide bonds. The van der Waals surface area contributed by atoms with Crippen LogP contribution in [0.5, 0.6) is 17.2 Å². The maximum Gasteiger partial charge on any atom is 0.246 e. The largest absolute Gasteiger partial charge is 0.497 e. The van der Waals surface area contributed by atoms with Crippen LogP contribution in [0.25, 0.3) is 0 Å². The maximum absolute atomic E-state index is 13.2. The zero-order chi connectivity index (χ0) is 20.3. The molecule has 2 aromatic rings. The van der Waals surface area contributed by atoms with Gasteiger partial charge in [-0.25, -0.2) is 8.42 Å². The molecule has 0 saturated heterocycles. The normalized spacial score (nSPS) is 16.5. The lowest BCUT2D eigenvalue weighted by atomic mass is 10.2. The Kier molecular flexibility index (Phi) is 6.00. The Morgan fingerprint density at radius 2 is 1.93 bits per heavy atom. The Bertz CT molecular complexity index is 932. The van der Waals surface area contributed by atoms with Gasteiger partial charge >= 0.3 is 0 Å². The molecule has 1 heterocycles. The summed E-state index contributed by atoms with van der Waals surface area (Å²) in [6.45, 7) is 3.72. The van der Waals surface area contributed by atoms with E-state index in [1.54, 1.807) is 19.2 Å². The first-order chi connectivity index (χ1) is 13.4. The molecule has 0 unspecified atom stereocenters. The third-order valence-corrected chi connectivity index (χ3v) is 6.67. The number of anilines is 1. The van der Waals surface area contributed by atoms with Crippen LogP contribution >= 0.6 is 0 Å². The lowest BCUT2D eigenvalue weighted by molar-refractivity contribution is 0.171. The van der Waals surface area contributed by atoms with E-state index in [1.165, 1.54) is 24.6 Å². The van der Waals surface area contributed by atoms with E-state index >= 15 is 0 Å². The predicted octanol–water partition coefficient (Wildman–Crippen LogP) is 2.61. The average molecular weight is 407 g/mol. The standard InChI is InChI=1S/C20H26N2O5S/c1-5-22-14-16(27-18-9-7-6-8-17(18)22)13-21(2)28(23,24)20-12-15(25-3)10-11-19(20)26-4/h6-12,16H,5,13-14H2,1-4H3/t16-/m1/s1. The molecule has 0 aromatic heterocycles. The fourth-order valence-electron chi connectivity index (χ4n) is 3.31. The predicted molar refractivity (Wildman–Crippen MR) is 108 cm³/mol. The summed E-state index contributed by atoms with van der Waals surface area (Å²) in [5.41, 5.74) is 1.03. The van der Waals surface area contributed by atoms with Crippen molar-refractivity contribution in [1.29, 1.82) is 0 Å². The van der Waals surface area contributed by atoms with Crippen molar-refractivity contribution in [3.63, 3.8) is 0 Å². The molecule has 1 aliphatic heterocycles. The molecule has 0 spiro atoms. The van der Waals surface area contributed by atoms with Gasteiger partial charge < -0.3 is 19.1 Å². The molecular weight excluding hydrogens is 380 g/mol. The lowest BCUT2D eigenvalue weighted by Gasteiger charge is -2.37. The van der Waals surface area contributed by atoms with E-state index in [2.05, 4.69) is 11.8 Å². The number of sulfonamides is 1. The fourth-order valence-corrected chi connectivity index (χ4v) is 4.68. The summed E-state index contributed by atoms with van der Waals surface area (Å²) in [6.07, 6.45) is -0.286. The van der Waals surface area contributed by atoms with E-state index < -0.39 is 10.0 Å². The van der Waals surface area contributed by atoms with E-state index in [-0.39, 0.29) is 23.3 Å². The monoisotopic (exact) mass is 406 g/mol. The number of methoxy groups -OCH3 is 2. The van der Waals surface area contributed by atoms with Crippen molar-refractivity contribution in [3.8, 4) is 17.2 Å². The van der Waals surface area contributed by atoms with Crippen LogP contribution < -0.4 is 19.1 Å². The summed E-state index contributed by atoms with van der Waals surface area (Å²) < 4.78 is 44.1. The highest BCUT2D eigenvalue weighted by Gasteiger charge is 2.31. The minimum Gasteiger partial charge on any atom is -0.497 e. The molecule has 7 nitrogen and oxygen atoms in total. The molecule has 2 aromatic carbocycles. The van der Waals surface area contributed by atoms with E-state index in [9.17, 15) is 8.42 Å². The second kappa shape index (κ2) is 8.28. The second-order valence-corrected chi connectivity index (χ2v) is 8.56. The first-order valence-corrected chi connectivity index (χ1v) is 10.5. The highest BCUT2D eigenvalue weighted by molar-refractivity contribution is 7.89. The van der Waals surface area contributed by atoms with Gasteiger partial charge in [-0.15, -0.1) is 0 Å². The first-order valence-electron chi connectivity index (χ1n) is 9.09. The van der Waals surface area contributed by atoms with Gasteiger partial charge in [0.1, 0.15) is 28.2 Å². The van der Waals surface area contributed by atoms with Crippen LogP contribution in [0.3, 0.4) is 0 Å². The molecule has 0 bridgehead atoms. The highest BCUT2D eigenvalue weighted by Crippen LogP contribution is 2.34. The van der Waals surface area contributed by atoms with Crippen molar-refractivity contribution in [2.24, 2.45) is 0 Å². The summed E-state index contributed by atoms with van der Waals surface area (Å²) >= 11 is 0. The zero-order valence-corrected chi connectivity index (χ0v) is 17.4. The van der Waals surface area contributed by atoms with Gasteiger partial charge in [0.15, 0.2) is 0 Å². The van der Waals surface area contributed by atoms with E-state index in [0.717, 1.165) is 18.0 Å². The zero-order valence-electron chi connectivity index (χ0n) is 16.6. The molecule has 8 heteroatoms. The van der Waals surface area contributed by atoms with Crippen LogP contribution in [0, 0.1) is 0 Å². The van der Waals surface area contributed by atoms with Gasteiger partial charge in [0, 0.05) is 19.7 Å². The summed E-state index contributed by atoms with van der Waals surface area (Å²) in [7, 11) is 0.705. The Hall–Kier alpha value is -2.45. The minimum absolute atomic E-state index is 0.0698. The number of hydrogen-bond acceptors (Lipinski definition) is 6. The molecule has 0 radical (unpaired) electrons. The van der Waals surface area contributed by atoms with Crippen LogP contribution in [0.2, 0.25) is 0 Å². The van der Waals surface area contributed by atoms with Gasteiger partial charge in [-0.3, -0.25) is 0 Å². The Balaban J connectivity index is 1.84. The van der Waals surface area contributed by atoms with E-state index in [1.807, 2.05) is 24.3 Å². The SMILES string of the molecule is CCN1C[C@@H](CN(C)S(=O)(=O)c2cc(OC)ccc2OC)Oc2ccccc21. The van der Waals surface area contributed by atoms with E-state index in [4.69, 9.17) is 14.2 Å². The van der Waals surface area contributed by atoms with Crippen LogP contribution in [-0.4, -0.2) is 59.7 Å². The number of rotatable bonds is 7. The molecule has 0 aliphatic carbocycles. The highest BCUT2D eigenvalue weighted by atomic mass is 32.2. The van der Waals surface area contributed by atoms with Crippen molar-refractivity contribution in [2.45, 2.75) is 17.9 Å². The van der Waals surface area contributed by atoms with Gasteiger partial charge in [0.25, 0.3) is 0 Å². The Labute approximate surface area is 166 Å². The number of para-hydroxylation sites is 2. The fraction of sp³-hybridized carbons (Fsp3) is 0.400. The first kappa shape index (κ1) is 20.3. The Morgan fingerprint density at radius 1 is 1.18 bits per heavy atom. The van der Waals surface area contributed by atoms with Gasteiger partial charge in [-0.05, 0) is 31.2 Å². The molecule has 1 atom stereocenters. The van der Waals surface area contributed by atoms with Crippen LogP contribution in [0.1, 0.15) is 6.92 Å². The van der Waals surface area contributed by atoms with Crippen LogP contribution in [0.4, 0.5) is 5.69 Å². The maximum atomic E-state index is 13.2. The third kappa shape index (κ3) is 3.88. The van der Waals surface area contributed by atoms with Gasteiger partial charge in [0.05, 0.1) is 33.0 Å². The Morgan fingerprint density at radius 3 is 2.61 bits per heavy atom. The molecular formula is C20H26N2O5S. The third-order valence-electron chi connectivity index (χ3n) is 4.83. The van der Waals surface area contributed by atoms with Crippen molar-refractivity contribution in [2.75, 3.05) is 45.8 Å². The number of benzene rings is 2. The average Bonchev–Trinajstić information content (AvgIpc) is 2.72.